The molecule has 0 saturated heterocycles. The molecule has 0 atom stereocenters. The highest BCUT2D eigenvalue weighted by Gasteiger charge is 2.23. The number of hydrogen-bond acceptors (Lipinski definition) is 5. The maximum absolute atomic E-state index is 11.6. The lowest BCUT2D eigenvalue weighted by molar-refractivity contribution is 0.158. The summed E-state index contributed by atoms with van der Waals surface area (Å²) < 4.78 is 30.2. The van der Waals surface area contributed by atoms with Crippen molar-refractivity contribution in [3.05, 3.63) is 0 Å². The minimum absolute atomic E-state index is 0.0768. The molecule has 0 bridgehead atoms. The van der Waals surface area contributed by atoms with Crippen LogP contribution in [0.15, 0.2) is 0 Å². The number of nitriles is 1. The lowest BCUT2D eigenvalue weighted by Gasteiger charge is -2.18. The van der Waals surface area contributed by atoms with Crippen molar-refractivity contribution < 1.29 is 17.9 Å². The van der Waals surface area contributed by atoms with Crippen LogP contribution in [0.5, 0.6) is 0 Å². The van der Waals surface area contributed by atoms with Crippen LogP contribution in [0, 0.1) is 11.3 Å². The molecule has 0 aromatic heterocycles. The Labute approximate surface area is 95.2 Å². The van der Waals surface area contributed by atoms with Gasteiger partial charge in [0.2, 0.25) is 0 Å². The smallest absolute Gasteiger partial charge is 0.421 e. The number of amides is 1. The van der Waals surface area contributed by atoms with E-state index in [2.05, 4.69) is 4.74 Å². The molecule has 0 aliphatic heterocycles. The third-order valence-electron chi connectivity index (χ3n) is 1.55. The molecule has 1 amide bonds. The van der Waals surface area contributed by atoms with Crippen LogP contribution in [0.1, 0.15) is 20.3 Å². The van der Waals surface area contributed by atoms with Gasteiger partial charge in [-0.2, -0.15) is 18.0 Å². The van der Waals surface area contributed by atoms with E-state index in [-0.39, 0.29) is 19.7 Å². The Hall–Kier alpha value is -1.33. The van der Waals surface area contributed by atoms with Crippen LogP contribution in [-0.4, -0.2) is 38.5 Å². The Morgan fingerprint density at radius 2 is 2.12 bits per heavy atom. The molecule has 0 radical (unpaired) electrons. The third kappa shape index (κ3) is 4.95. The third-order valence-corrected chi connectivity index (χ3v) is 2.96. The van der Waals surface area contributed by atoms with Crippen molar-refractivity contribution in [2.45, 2.75) is 20.3 Å². The van der Waals surface area contributed by atoms with Crippen molar-refractivity contribution >= 4 is 16.3 Å². The Morgan fingerprint density at radius 3 is 2.56 bits per heavy atom. The Bertz CT molecular complexity index is 360. The summed E-state index contributed by atoms with van der Waals surface area (Å²) in [6.45, 7) is 3.27. The van der Waals surface area contributed by atoms with E-state index in [9.17, 15) is 13.2 Å². The lowest BCUT2D eigenvalue weighted by Crippen LogP contribution is -2.44. The largest absolute Gasteiger partial charge is 0.449 e. The molecule has 0 unspecified atom stereocenters. The summed E-state index contributed by atoms with van der Waals surface area (Å²) in [4.78, 5) is 10.9. The quantitative estimate of drug-likeness (QED) is 0.678. The molecule has 1 N–H and O–H groups in total. The maximum atomic E-state index is 11.6. The predicted octanol–water partition coefficient (Wildman–Crippen LogP) is 0.213. The molecule has 16 heavy (non-hydrogen) atoms. The normalized spacial score (nSPS) is 10.9. The summed E-state index contributed by atoms with van der Waals surface area (Å²) in [5.74, 6) is 0. The van der Waals surface area contributed by atoms with Crippen molar-refractivity contribution in [3.8, 4) is 6.07 Å². The predicted molar refractivity (Wildman–Crippen MR) is 56.6 cm³/mol. The molecule has 7 nitrogen and oxygen atoms in total. The van der Waals surface area contributed by atoms with E-state index in [1.807, 2.05) is 0 Å². The van der Waals surface area contributed by atoms with Crippen LogP contribution < -0.4 is 4.72 Å². The monoisotopic (exact) mass is 249 g/mol. The average Bonchev–Trinajstić information content (AvgIpc) is 2.17. The SMILES string of the molecule is CCCN(CC#N)S(=O)(=O)NC(=O)OCC. The second-order valence-corrected chi connectivity index (χ2v) is 4.49. The first-order valence-corrected chi connectivity index (χ1v) is 6.23. The number of carbonyl (C=O) groups is 1. The molecular formula is C8H15N3O4S. The van der Waals surface area contributed by atoms with Gasteiger partial charge in [-0.15, -0.1) is 0 Å². The van der Waals surface area contributed by atoms with E-state index in [1.165, 1.54) is 0 Å². The van der Waals surface area contributed by atoms with Gasteiger partial charge in [-0.1, -0.05) is 6.92 Å². The zero-order valence-corrected chi connectivity index (χ0v) is 10.1. The highest BCUT2D eigenvalue weighted by molar-refractivity contribution is 7.87. The van der Waals surface area contributed by atoms with Gasteiger partial charge in [-0.05, 0) is 13.3 Å². The molecule has 0 aromatic rings. The van der Waals surface area contributed by atoms with Gasteiger partial charge in [-0.3, -0.25) is 0 Å². The summed E-state index contributed by atoms with van der Waals surface area (Å²) in [6.07, 6.45) is -0.493. The number of nitrogens with one attached hydrogen (secondary N) is 1. The summed E-state index contributed by atoms with van der Waals surface area (Å²) >= 11 is 0. The number of nitrogens with zero attached hydrogens (tertiary/aromatic N) is 2. The van der Waals surface area contributed by atoms with Gasteiger partial charge in [0.1, 0.15) is 6.54 Å². The van der Waals surface area contributed by atoms with Gasteiger partial charge < -0.3 is 4.74 Å². The fourth-order valence-corrected chi connectivity index (χ4v) is 1.99. The van der Waals surface area contributed by atoms with Gasteiger partial charge >= 0.3 is 16.3 Å². The van der Waals surface area contributed by atoms with Crippen LogP contribution in [0.2, 0.25) is 0 Å². The fourth-order valence-electron chi connectivity index (χ4n) is 0.943. The van der Waals surface area contributed by atoms with Crippen LogP contribution in [0.25, 0.3) is 0 Å². The molecular weight excluding hydrogens is 234 g/mol. The van der Waals surface area contributed by atoms with E-state index in [0.717, 1.165) is 4.31 Å². The van der Waals surface area contributed by atoms with Gasteiger partial charge in [-0.25, -0.2) is 9.52 Å². The van der Waals surface area contributed by atoms with Crippen molar-refractivity contribution in [2.24, 2.45) is 0 Å². The molecule has 8 heteroatoms. The van der Waals surface area contributed by atoms with E-state index < -0.39 is 16.3 Å². The van der Waals surface area contributed by atoms with Crippen LogP contribution >= 0.6 is 0 Å². The van der Waals surface area contributed by atoms with Crippen LogP contribution in [0.4, 0.5) is 4.79 Å². The van der Waals surface area contributed by atoms with Crippen LogP contribution in [-0.2, 0) is 14.9 Å². The number of hydrogen-bond donors (Lipinski definition) is 1. The number of rotatable bonds is 6. The second kappa shape index (κ2) is 7.03. The summed E-state index contributed by atoms with van der Waals surface area (Å²) in [5, 5.41) is 8.46. The van der Waals surface area contributed by atoms with Crippen molar-refractivity contribution in [1.29, 1.82) is 5.26 Å². The zero-order chi connectivity index (χ0) is 12.6. The molecule has 0 aliphatic carbocycles. The minimum Gasteiger partial charge on any atom is -0.449 e. The summed E-state index contributed by atoms with van der Waals surface area (Å²) in [5.41, 5.74) is 0. The molecule has 0 rings (SSSR count). The minimum atomic E-state index is -3.98. The highest BCUT2D eigenvalue weighted by atomic mass is 32.2. The molecule has 0 heterocycles. The van der Waals surface area contributed by atoms with E-state index in [1.54, 1.807) is 24.6 Å². The topological polar surface area (TPSA) is 99.5 Å². The standard InChI is InChI=1S/C8H15N3O4S/c1-3-6-11(7-5-9)16(13,14)10-8(12)15-4-2/h3-4,6-7H2,1-2H3,(H,10,12). The van der Waals surface area contributed by atoms with Gasteiger partial charge in [0.25, 0.3) is 0 Å². The van der Waals surface area contributed by atoms with Crippen molar-refractivity contribution in [3.63, 3.8) is 0 Å². The van der Waals surface area contributed by atoms with Crippen LogP contribution in [0.3, 0.4) is 0 Å². The number of carbonyl (C=O) groups excluding carboxylic acids is 1. The van der Waals surface area contributed by atoms with Crippen molar-refractivity contribution in [2.75, 3.05) is 19.7 Å². The Balaban J connectivity index is 4.60. The van der Waals surface area contributed by atoms with E-state index in [0.29, 0.717) is 6.42 Å². The summed E-state index contributed by atoms with van der Waals surface area (Å²) in [7, 11) is -3.98. The molecule has 92 valence electrons. The highest BCUT2D eigenvalue weighted by Crippen LogP contribution is 1.99. The molecule has 0 fully saturated rings. The summed E-state index contributed by atoms with van der Waals surface area (Å²) in [6, 6.07) is 1.72. The lowest BCUT2D eigenvalue weighted by atomic mass is 10.5. The van der Waals surface area contributed by atoms with Gasteiger partial charge in [0, 0.05) is 6.54 Å². The average molecular weight is 249 g/mol. The molecule has 0 spiro atoms. The Morgan fingerprint density at radius 1 is 1.50 bits per heavy atom. The number of ether oxygens (including phenoxy) is 1. The first-order valence-electron chi connectivity index (χ1n) is 4.79. The Kier molecular flexibility index (Phi) is 6.44. The first-order chi connectivity index (χ1) is 7.47. The van der Waals surface area contributed by atoms with Crippen molar-refractivity contribution in [1.82, 2.24) is 9.03 Å². The molecule has 0 aliphatic rings. The maximum Gasteiger partial charge on any atom is 0.421 e. The first kappa shape index (κ1) is 14.7. The fraction of sp³-hybridized carbons (Fsp3) is 0.750. The van der Waals surface area contributed by atoms with E-state index in [4.69, 9.17) is 5.26 Å². The van der Waals surface area contributed by atoms with Gasteiger partial charge in [0.05, 0.1) is 12.7 Å². The van der Waals surface area contributed by atoms with E-state index >= 15 is 0 Å². The van der Waals surface area contributed by atoms with Gasteiger partial charge in [0.15, 0.2) is 0 Å². The molecule has 0 saturated carbocycles. The molecule has 0 aromatic carbocycles. The second-order valence-electron chi connectivity index (χ2n) is 2.82. The zero-order valence-electron chi connectivity index (χ0n) is 9.26.